The van der Waals surface area contributed by atoms with Gasteiger partial charge >= 0.3 is 12.1 Å². The molecule has 0 atom stereocenters. The highest BCUT2D eigenvalue weighted by Crippen LogP contribution is 2.15. The molecule has 6 heteroatoms. The molecule has 0 fully saturated rings. The van der Waals surface area contributed by atoms with Crippen molar-refractivity contribution < 1.29 is 19.4 Å². The van der Waals surface area contributed by atoms with Gasteiger partial charge in [-0.15, -0.1) is 0 Å². The van der Waals surface area contributed by atoms with Gasteiger partial charge in [-0.05, 0) is 44.9 Å². The first-order chi connectivity index (χ1) is 10.2. The van der Waals surface area contributed by atoms with Crippen LogP contribution in [0, 0.1) is 0 Å². The van der Waals surface area contributed by atoms with Gasteiger partial charge in [-0.1, -0.05) is 23.7 Å². The summed E-state index contributed by atoms with van der Waals surface area (Å²) >= 11 is 5.85. The van der Waals surface area contributed by atoms with Crippen LogP contribution in [0.15, 0.2) is 24.3 Å². The van der Waals surface area contributed by atoms with Crippen LogP contribution in [-0.4, -0.2) is 34.2 Å². The fourth-order valence-electron chi connectivity index (χ4n) is 1.79. The summed E-state index contributed by atoms with van der Waals surface area (Å²) in [5.41, 5.74) is 0.313. The molecular weight excluding hydrogens is 306 g/mol. The molecule has 22 heavy (non-hydrogen) atoms. The lowest BCUT2D eigenvalue weighted by molar-refractivity contribution is -0.137. The number of hydrogen-bond donors (Lipinski definition) is 1. The third-order valence-electron chi connectivity index (χ3n) is 2.76. The predicted molar refractivity (Wildman–Crippen MR) is 85.0 cm³/mol. The highest BCUT2D eigenvalue weighted by atomic mass is 35.5. The molecule has 0 aliphatic carbocycles. The highest BCUT2D eigenvalue weighted by molar-refractivity contribution is 6.30. The van der Waals surface area contributed by atoms with E-state index in [-0.39, 0.29) is 6.42 Å². The molecule has 1 aromatic carbocycles. The van der Waals surface area contributed by atoms with Crippen LogP contribution < -0.4 is 0 Å². The van der Waals surface area contributed by atoms with Crippen molar-refractivity contribution in [2.75, 3.05) is 6.54 Å². The van der Waals surface area contributed by atoms with E-state index in [0.29, 0.717) is 24.5 Å². The van der Waals surface area contributed by atoms with Crippen molar-refractivity contribution in [2.24, 2.45) is 0 Å². The van der Waals surface area contributed by atoms with Crippen molar-refractivity contribution in [3.63, 3.8) is 0 Å². The first kappa shape index (κ1) is 18.3. The summed E-state index contributed by atoms with van der Waals surface area (Å²) < 4.78 is 5.37. The van der Waals surface area contributed by atoms with Crippen LogP contribution in [0.3, 0.4) is 0 Å². The molecule has 0 saturated heterocycles. The summed E-state index contributed by atoms with van der Waals surface area (Å²) in [5, 5.41) is 9.35. The van der Waals surface area contributed by atoms with Crippen LogP contribution in [0.4, 0.5) is 4.79 Å². The zero-order chi connectivity index (χ0) is 16.8. The lowest BCUT2D eigenvalue weighted by Crippen LogP contribution is -2.37. The average Bonchev–Trinajstić information content (AvgIpc) is 2.37. The second-order valence-corrected chi connectivity index (χ2v) is 6.46. The van der Waals surface area contributed by atoms with Crippen molar-refractivity contribution in [2.45, 2.75) is 45.8 Å². The minimum Gasteiger partial charge on any atom is -0.481 e. The van der Waals surface area contributed by atoms with Crippen molar-refractivity contribution in [3.05, 3.63) is 34.9 Å². The number of nitrogens with zero attached hydrogens (tertiary/aromatic N) is 1. The Bertz CT molecular complexity index is 508. The Kier molecular flexibility index (Phi) is 6.68. The van der Waals surface area contributed by atoms with Crippen LogP contribution in [0.25, 0.3) is 0 Å². The molecular formula is C16H22ClNO4. The quantitative estimate of drug-likeness (QED) is 0.859. The number of carbonyl (C=O) groups excluding carboxylic acids is 1. The van der Waals surface area contributed by atoms with E-state index < -0.39 is 17.7 Å². The second kappa shape index (κ2) is 8.03. The standard InChI is InChI=1S/C16H22ClNO4/c1-16(2,3)22-15(21)18(10-4-5-14(19)20)11-12-6-8-13(17)9-7-12/h6-9H,4-5,10-11H2,1-3H3,(H,19,20). The molecule has 0 aliphatic heterocycles. The van der Waals surface area contributed by atoms with Crippen molar-refractivity contribution in [1.82, 2.24) is 4.90 Å². The second-order valence-electron chi connectivity index (χ2n) is 6.03. The van der Waals surface area contributed by atoms with E-state index in [9.17, 15) is 9.59 Å². The van der Waals surface area contributed by atoms with Gasteiger partial charge in [0.1, 0.15) is 5.60 Å². The van der Waals surface area contributed by atoms with E-state index in [1.165, 1.54) is 4.90 Å². The molecule has 1 rings (SSSR count). The summed E-state index contributed by atoms with van der Waals surface area (Å²) in [7, 11) is 0. The number of halogens is 1. The fourth-order valence-corrected chi connectivity index (χ4v) is 1.92. The molecule has 1 N–H and O–H groups in total. The highest BCUT2D eigenvalue weighted by Gasteiger charge is 2.22. The number of amides is 1. The Morgan fingerprint density at radius 2 is 1.82 bits per heavy atom. The molecule has 0 saturated carbocycles. The summed E-state index contributed by atoms with van der Waals surface area (Å²) in [4.78, 5) is 24.4. The smallest absolute Gasteiger partial charge is 0.410 e. The number of benzene rings is 1. The SMILES string of the molecule is CC(C)(C)OC(=O)N(CCCC(=O)O)Cc1ccc(Cl)cc1. The maximum absolute atomic E-state index is 12.2. The third-order valence-corrected chi connectivity index (χ3v) is 3.01. The first-order valence-corrected chi connectivity index (χ1v) is 7.49. The average molecular weight is 328 g/mol. The van der Waals surface area contributed by atoms with Crippen LogP contribution in [0.5, 0.6) is 0 Å². The number of rotatable bonds is 6. The van der Waals surface area contributed by atoms with Gasteiger partial charge in [0.05, 0.1) is 0 Å². The first-order valence-electron chi connectivity index (χ1n) is 7.11. The predicted octanol–water partition coefficient (Wildman–Crippen LogP) is 3.94. The zero-order valence-electron chi connectivity index (χ0n) is 13.1. The number of carboxylic acid groups (broad SMARTS) is 1. The van der Waals surface area contributed by atoms with E-state index in [1.807, 2.05) is 12.1 Å². The van der Waals surface area contributed by atoms with Crippen LogP contribution in [-0.2, 0) is 16.1 Å². The van der Waals surface area contributed by atoms with Gasteiger partial charge in [0.2, 0.25) is 0 Å². The lowest BCUT2D eigenvalue weighted by atomic mass is 10.2. The van der Waals surface area contributed by atoms with E-state index in [0.717, 1.165) is 5.56 Å². The number of hydrogen-bond acceptors (Lipinski definition) is 3. The van der Waals surface area contributed by atoms with Gasteiger partial charge in [-0.2, -0.15) is 0 Å². The number of ether oxygens (including phenoxy) is 1. The molecule has 0 spiro atoms. The Labute approximate surface area is 135 Å². The van der Waals surface area contributed by atoms with Crippen LogP contribution in [0.1, 0.15) is 39.2 Å². The topological polar surface area (TPSA) is 66.8 Å². The van der Waals surface area contributed by atoms with Gasteiger partial charge in [0.25, 0.3) is 0 Å². The largest absolute Gasteiger partial charge is 0.481 e. The maximum atomic E-state index is 12.2. The minimum atomic E-state index is -0.879. The number of carboxylic acids is 1. The van der Waals surface area contributed by atoms with Gasteiger partial charge in [0.15, 0.2) is 0 Å². The Hall–Kier alpha value is -1.75. The van der Waals surface area contributed by atoms with Gasteiger partial charge < -0.3 is 14.7 Å². The van der Waals surface area contributed by atoms with E-state index >= 15 is 0 Å². The normalized spacial score (nSPS) is 11.1. The van der Waals surface area contributed by atoms with Crippen molar-refractivity contribution >= 4 is 23.7 Å². The summed E-state index contributed by atoms with van der Waals surface area (Å²) in [6.45, 7) is 6.06. The third kappa shape index (κ3) is 7.31. The van der Waals surface area contributed by atoms with Crippen LogP contribution in [0.2, 0.25) is 5.02 Å². The molecule has 0 bridgehead atoms. The zero-order valence-corrected chi connectivity index (χ0v) is 13.9. The minimum absolute atomic E-state index is 0.0138. The van der Waals surface area contributed by atoms with Gasteiger partial charge in [-0.3, -0.25) is 4.79 Å². The molecule has 0 heterocycles. The van der Waals surface area contributed by atoms with E-state index in [1.54, 1.807) is 32.9 Å². The molecule has 0 unspecified atom stereocenters. The number of aliphatic carboxylic acids is 1. The summed E-state index contributed by atoms with van der Waals surface area (Å²) in [6, 6.07) is 7.16. The molecule has 122 valence electrons. The molecule has 0 radical (unpaired) electrons. The maximum Gasteiger partial charge on any atom is 0.410 e. The Morgan fingerprint density at radius 1 is 1.23 bits per heavy atom. The van der Waals surface area contributed by atoms with E-state index in [4.69, 9.17) is 21.4 Å². The monoisotopic (exact) mass is 327 g/mol. The summed E-state index contributed by atoms with van der Waals surface area (Å²) in [5.74, 6) is -0.879. The van der Waals surface area contributed by atoms with Gasteiger partial charge in [-0.25, -0.2) is 4.79 Å². The van der Waals surface area contributed by atoms with Gasteiger partial charge in [0, 0.05) is 24.5 Å². The summed E-state index contributed by atoms with van der Waals surface area (Å²) in [6.07, 6.45) is -0.0601. The molecule has 1 aromatic rings. The van der Waals surface area contributed by atoms with Crippen molar-refractivity contribution in [1.29, 1.82) is 0 Å². The molecule has 0 aromatic heterocycles. The fraction of sp³-hybridized carbons (Fsp3) is 0.500. The molecule has 5 nitrogen and oxygen atoms in total. The Balaban J connectivity index is 2.74. The van der Waals surface area contributed by atoms with Crippen LogP contribution >= 0.6 is 11.6 Å². The Morgan fingerprint density at radius 3 is 2.32 bits per heavy atom. The molecule has 0 aliphatic rings. The lowest BCUT2D eigenvalue weighted by Gasteiger charge is -2.27. The number of carbonyl (C=O) groups is 2. The van der Waals surface area contributed by atoms with E-state index in [2.05, 4.69) is 0 Å². The molecule has 1 amide bonds. The van der Waals surface area contributed by atoms with Crippen molar-refractivity contribution in [3.8, 4) is 0 Å².